The molecular formula is C56H67N13O10. The SMILES string of the molecule is CCOCc1nc2c(N)nc3cccc(OC4CCN(C(=O)OC(C)(C)C)CC4)c3c2n1C.CCOCc1nc2c(N)nc3cccc4c3c2n1CC(=O)CO4.CCOCc1nc2c(N)nc3cccc4c3c2n1C[C@H](O)CO4. The lowest BCUT2D eigenvalue weighted by molar-refractivity contribution is -0.121. The third-order valence-electron chi connectivity index (χ3n) is 13.7. The zero-order chi connectivity index (χ0) is 55.7. The van der Waals surface area contributed by atoms with Gasteiger partial charge in [-0.25, -0.2) is 34.7 Å². The number of rotatable bonds is 11. The van der Waals surface area contributed by atoms with Gasteiger partial charge in [-0.1, -0.05) is 18.2 Å². The molecule has 0 radical (unpaired) electrons. The molecule has 23 heteroatoms. The van der Waals surface area contributed by atoms with Gasteiger partial charge in [-0.3, -0.25) is 4.79 Å². The van der Waals surface area contributed by atoms with Crippen molar-refractivity contribution in [1.29, 1.82) is 0 Å². The summed E-state index contributed by atoms with van der Waals surface area (Å²) < 4.78 is 45.8. The zero-order valence-corrected chi connectivity index (χ0v) is 45.6. The number of imidazole rings is 3. The number of hydrogen-bond donors (Lipinski definition) is 4. The van der Waals surface area contributed by atoms with E-state index in [1.165, 1.54) is 0 Å². The number of aliphatic hydroxyl groups excluding tert-OH is 1. The van der Waals surface area contributed by atoms with Gasteiger partial charge >= 0.3 is 6.09 Å². The van der Waals surface area contributed by atoms with Crippen molar-refractivity contribution in [3.8, 4) is 17.2 Å². The number of carbonyl (C=O) groups is 2. The number of carbonyl (C=O) groups excluding carboxylic acids is 2. The molecule has 3 aliphatic rings. The van der Waals surface area contributed by atoms with E-state index in [1.54, 1.807) is 4.90 Å². The molecule has 0 aliphatic carbocycles. The highest BCUT2D eigenvalue weighted by molar-refractivity contribution is 6.12. The first kappa shape index (κ1) is 54.2. The van der Waals surface area contributed by atoms with E-state index >= 15 is 0 Å². The fourth-order valence-corrected chi connectivity index (χ4v) is 10.1. The van der Waals surface area contributed by atoms with E-state index in [9.17, 15) is 14.7 Å². The summed E-state index contributed by atoms with van der Waals surface area (Å²) in [7, 11) is 1.96. The molecule has 12 rings (SSSR count). The average Bonchev–Trinajstić information content (AvgIpc) is 4.32. The van der Waals surface area contributed by atoms with Gasteiger partial charge in [-0.15, -0.1) is 0 Å². The van der Waals surface area contributed by atoms with Crippen molar-refractivity contribution >= 4 is 95.1 Å². The summed E-state index contributed by atoms with van der Waals surface area (Å²) in [5.41, 5.74) is 24.5. The van der Waals surface area contributed by atoms with Crippen molar-refractivity contribution in [3.63, 3.8) is 0 Å². The number of pyridine rings is 3. The number of likely N-dealkylation sites (tertiary alicyclic amines) is 1. The number of nitrogen functional groups attached to an aromatic ring is 3. The summed E-state index contributed by atoms with van der Waals surface area (Å²) in [6.45, 7) is 16.3. The maximum Gasteiger partial charge on any atom is 0.410 e. The lowest BCUT2D eigenvalue weighted by atomic mass is 10.1. The molecule has 1 atom stereocenters. The number of fused-ring (bicyclic) bond motifs is 3. The van der Waals surface area contributed by atoms with Crippen molar-refractivity contribution in [1.82, 2.24) is 48.5 Å². The van der Waals surface area contributed by atoms with Gasteiger partial charge < -0.3 is 74.1 Å². The normalized spacial score (nSPS) is 15.6. The Morgan fingerprint density at radius 1 is 0.671 bits per heavy atom. The number of ether oxygens (including phenoxy) is 7. The van der Waals surface area contributed by atoms with Gasteiger partial charge in [0.05, 0.1) is 62.3 Å². The minimum Gasteiger partial charge on any atom is -0.490 e. The standard InChI is InChI=1S/C24H33N5O4.C16H18N4O3.C16H16N4O3/c1-6-31-14-18-27-20-21(28(18)5)19-16(26-22(20)25)8-7-9-17(19)32-15-10-12-29(13-11-15)23(30)33-24(2,3)4;2*1-2-22-8-12-19-14-15-13-10(18-16(14)17)4-3-5-11(13)23-7-9(21)6-20(12)15/h7-9,15H,6,10-14H2,1-5H3,(H2,25,26);3-5,9,21H,2,6-8H2,1H3,(H2,17,18);3-5H,2,6-8H2,1H3,(H2,17,18)/t;9-;/m.0./s1. The van der Waals surface area contributed by atoms with Crippen LogP contribution in [0, 0.1) is 0 Å². The van der Waals surface area contributed by atoms with E-state index < -0.39 is 11.7 Å². The van der Waals surface area contributed by atoms with Crippen LogP contribution < -0.4 is 31.4 Å². The molecule has 79 heavy (non-hydrogen) atoms. The molecule has 1 saturated heterocycles. The molecule has 9 aromatic rings. The molecule has 23 nitrogen and oxygen atoms in total. The summed E-state index contributed by atoms with van der Waals surface area (Å²) >= 11 is 0. The van der Waals surface area contributed by atoms with Crippen LogP contribution in [0.3, 0.4) is 0 Å². The van der Waals surface area contributed by atoms with Crippen LogP contribution in [-0.4, -0.2) is 129 Å². The molecule has 0 bridgehead atoms. The quantitative estimate of drug-likeness (QED) is 0.100. The first-order valence-electron chi connectivity index (χ1n) is 26.6. The molecule has 3 aromatic carbocycles. The Hall–Kier alpha value is -8.12. The first-order chi connectivity index (χ1) is 38.0. The smallest absolute Gasteiger partial charge is 0.410 e. The van der Waals surface area contributed by atoms with Crippen molar-refractivity contribution in [3.05, 3.63) is 72.1 Å². The van der Waals surface area contributed by atoms with Crippen LogP contribution in [0.4, 0.5) is 22.2 Å². The lowest BCUT2D eigenvalue weighted by Gasteiger charge is -2.33. The Morgan fingerprint density at radius 2 is 1.16 bits per heavy atom. The van der Waals surface area contributed by atoms with Crippen LogP contribution >= 0.6 is 0 Å². The van der Waals surface area contributed by atoms with Gasteiger partial charge in [0.15, 0.2) is 23.2 Å². The highest BCUT2D eigenvalue weighted by atomic mass is 16.6. The first-order valence-corrected chi connectivity index (χ1v) is 26.6. The monoisotopic (exact) mass is 1080 g/mol. The Labute approximate surface area is 454 Å². The number of Topliss-reactive ketones (excluding diaryl/α,β-unsaturated/α-hetero) is 1. The van der Waals surface area contributed by atoms with Crippen LogP contribution in [0.15, 0.2) is 54.6 Å². The fraction of sp³-hybridized carbons (Fsp3) is 0.429. The Kier molecular flexibility index (Phi) is 15.6. The van der Waals surface area contributed by atoms with E-state index in [2.05, 4.69) is 29.9 Å². The molecule has 1 amide bonds. The van der Waals surface area contributed by atoms with E-state index in [0.717, 1.165) is 79.5 Å². The maximum atomic E-state index is 12.4. The van der Waals surface area contributed by atoms with Gasteiger partial charge in [0.2, 0.25) is 0 Å². The second-order valence-corrected chi connectivity index (χ2v) is 20.4. The number of aliphatic hydroxyl groups is 1. The molecule has 0 spiro atoms. The molecule has 3 aliphatic heterocycles. The number of aryl methyl sites for hydroxylation is 1. The Morgan fingerprint density at radius 3 is 1.73 bits per heavy atom. The predicted octanol–water partition coefficient (Wildman–Crippen LogP) is 7.14. The predicted molar refractivity (Wildman–Crippen MR) is 299 cm³/mol. The lowest BCUT2D eigenvalue weighted by Crippen LogP contribution is -2.44. The summed E-state index contributed by atoms with van der Waals surface area (Å²) in [5, 5.41) is 12.8. The largest absolute Gasteiger partial charge is 0.490 e. The number of piperidine rings is 1. The number of nitrogens with two attached hydrogens (primary N) is 3. The number of hydrogen-bond acceptors (Lipinski definition) is 19. The Balaban J connectivity index is 0.000000137. The Bertz CT molecular complexity index is 3750. The minimum absolute atomic E-state index is 0.0157. The van der Waals surface area contributed by atoms with Crippen molar-refractivity contribution in [2.24, 2.45) is 7.05 Å². The molecular weight excluding hydrogens is 1010 g/mol. The van der Waals surface area contributed by atoms with Gasteiger partial charge in [-0.05, 0) is 77.9 Å². The van der Waals surface area contributed by atoms with Crippen LogP contribution in [0.5, 0.6) is 17.2 Å². The van der Waals surface area contributed by atoms with E-state index in [4.69, 9.17) is 50.4 Å². The summed E-state index contributed by atoms with van der Waals surface area (Å²) in [6, 6.07) is 17.0. The molecule has 0 saturated carbocycles. The third-order valence-corrected chi connectivity index (χ3v) is 13.7. The van der Waals surface area contributed by atoms with Crippen LogP contribution in [0.25, 0.3) is 65.8 Å². The summed E-state index contributed by atoms with van der Waals surface area (Å²) in [4.78, 5) is 53.6. The molecule has 416 valence electrons. The van der Waals surface area contributed by atoms with Crippen LogP contribution in [0.1, 0.15) is 71.9 Å². The van der Waals surface area contributed by atoms with Crippen LogP contribution in [0.2, 0.25) is 0 Å². The summed E-state index contributed by atoms with van der Waals surface area (Å²) in [5.74, 6) is 5.32. The number of ketones is 1. The van der Waals surface area contributed by atoms with E-state index in [-0.39, 0.29) is 37.7 Å². The summed E-state index contributed by atoms with van der Waals surface area (Å²) in [6.07, 6.45) is 0.525. The highest BCUT2D eigenvalue weighted by Gasteiger charge is 2.30. The van der Waals surface area contributed by atoms with Gasteiger partial charge in [0.1, 0.15) is 102 Å². The van der Waals surface area contributed by atoms with Crippen molar-refractivity contribution in [2.45, 2.75) is 105 Å². The minimum atomic E-state index is -0.634. The van der Waals surface area contributed by atoms with Gasteiger partial charge in [0.25, 0.3) is 0 Å². The number of anilines is 3. The highest BCUT2D eigenvalue weighted by Crippen LogP contribution is 2.39. The third kappa shape index (κ3) is 11.0. The zero-order valence-electron chi connectivity index (χ0n) is 45.6. The van der Waals surface area contributed by atoms with E-state index in [0.29, 0.717) is 111 Å². The topological polar surface area (TPSA) is 292 Å². The number of aromatic nitrogens is 9. The number of nitrogens with zero attached hydrogens (tertiary/aromatic N) is 10. The number of benzene rings is 3. The van der Waals surface area contributed by atoms with Crippen molar-refractivity contribution in [2.75, 3.05) is 63.3 Å². The second kappa shape index (κ2) is 22.7. The second-order valence-electron chi connectivity index (χ2n) is 20.4. The molecule has 1 fully saturated rings. The molecule has 0 unspecified atom stereocenters. The van der Waals surface area contributed by atoms with Gasteiger partial charge in [-0.2, -0.15) is 0 Å². The molecule has 7 N–H and O–H groups in total. The van der Waals surface area contributed by atoms with E-state index in [1.807, 2.05) is 117 Å². The van der Waals surface area contributed by atoms with Crippen LogP contribution in [-0.2, 0) is 63.7 Å². The number of amides is 1. The molecule has 6 aromatic heterocycles. The fourth-order valence-electron chi connectivity index (χ4n) is 10.1. The van der Waals surface area contributed by atoms with Crippen molar-refractivity contribution < 1.29 is 47.9 Å². The van der Waals surface area contributed by atoms with Gasteiger partial charge in [0, 0.05) is 52.8 Å². The maximum absolute atomic E-state index is 12.4. The average molecular weight is 1080 g/mol. The molecule has 9 heterocycles.